The molecule has 0 saturated carbocycles. The molecule has 1 saturated heterocycles. The molecule has 0 bridgehead atoms. The highest BCUT2D eigenvalue weighted by atomic mass is 16.6. The van der Waals surface area contributed by atoms with E-state index >= 15 is 0 Å². The van der Waals surface area contributed by atoms with Gasteiger partial charge < -0.3 is 24.8 Å². The highest BCUT2D eigenvalue weighted by Crippen LogP contribution is 2.16. The van der Waals surface area contributed by atoms with Gasteiger partial charge in [0, 0.05) is 6.61 Å². The van der Waals surface area contributed by atoms with Gasteiger partial charge in [-0.2, -0.15) is 0 Å². The van der Waals surface area contributed by atoms with Gasteiger partial charge in [-0.15, -0.1) is 0 Å². The molecule has 0 aliphatic carbocycles. The van der Waals surface area contributed by atoms with Crippen molar-refractivity contribution in [2.75, 3.05) is 19.8 Å². The Balaban J connectivity index is 1.89. The Morgan fingerprint density at radius 3 is 2.29 bits per heavy atom. The lowest BCUT2D eigenvalue weighted by Crippen LogP contribution is -2.54. The van der Waals surface area contributed by atoms with Gasteiger partial charge in [0.2, 0.25) is 0 Å². The number of hydrogen-bond donors (Lipinski definition) is 3. The summed E-state index contributed by atoms with van der Waals surface area (Å²) in [7, 11) is 0. The number of aliphatic hydroxyl groups is 3. The molecule has 142 valence electrons. The van der Waals surface area contributed by atoms with Gasteiger partial charge in [-0.05, 0) is 32.1 Å². The number of ether oxygens (including phenoxy) is 2. The third-order valence-corrected chi connectivity index (χ3v) is 4.44. The first-order valence-electron chi connectivity index (χ1n) is 9.55. The Morgan fingerprint density at radius 2 is 1.58 bits per heavy atom. The predicted octanol–water partition coefficient (Wildman–Crippen LogP) is 2.57. The quantitative estimate of drug-likeness (QED) is 0.353. The van der Waals surface area contributed by atoms with Crippen molar-refractivity contribution in [3.05, 3.63) is 12.2 Å². The second kappa shape index (κ2) is 13.8. The van der Waals surface area contributed by atoms with Crippen LogP contribution in [0, 0.1) is 0 Å². The van der Waals surface area contributed by atoms with Crippen molar-refractivity contribution in [1.29, 1.82) is 0 Å². The third-order valence-electron chi connectivity index (χ3n) is 4.44. The molecule has 4 atom stereocenters. The first-order chi connectivity index (χ1) is 11.7. The van der Waals surface area contributed by atoms with Crippen LogP contribution >= 0.6 is 0 Å². The Hall–Kier alpha value is -0.460. The van der Waals surface area contributed by atoms with Crippen molar-refractivity contribution in [1.82, 2.24) is 0 Å². The predicted molar refractivity (Wildman–Crippen MR) is 94.9 cm³/mol. The van der Waals surface area contributed by atoms with E-state index in [2.05, 4.69) is 19.1 Å². The maximum atomic E-state index is 9.78. The van der Waals surface area contributed by atoms with Crippen molar-refractivity contribution in [3.8, 4) is 0 Å². The van der Waals surface area contributed by atoms with E-state index in [1.807, 2.05) is 0 Å². The smallest absolute Gasteiger partial charge is 0.111 e. The average molecular weight is 344 g/mol. The molecule has 1 fully saturated rings. The van der Waals surface area contributed by atoms with Crippen LogP contribution in [0.4, 0.5) is 0 Å². The van der Waals surface area contributed by atoms with Crippen molar-refractivity contribution in [3.63, 3.8) is 0 Å². The fraction of sp³-hybridized carbons (Fsp3) is 0.895. The van der Waals surface area contributed by atoms with Crippen LogP contribution in [-0.2, 0) is 9.47 Å². The molecule has 0 aromatic heterocycles. The second-order valence-corrected chi connectivity index (χ2v) is 6.67. The van der Waals surface area contributed by atoms with Gasteiger partial charge >= 0.3 is 0 Å². The molecule has 0 aromatic carbocycles. The maximum absolute atomic E-state index is 9.78. The van der Waals surface area contributed by atoms with Crippen molar-refractivity contribution in [2.24, 2.45) is 0 Å². The lowest BCUT2D eigenvalue weighted by Gasteiger charge is -2.35. The summed E-state index contributed by atoms with van der Waals surface area (Å²) in [6.07, 6.45) is 11.6. The average Bonchev–Trinajstić information content (AvgIpc) is 2.58. The zero-order valence-corrected chi connectivity index (χ0v) is 15.1. The molecule has 5 nitrogen and oxygen atoms in total. The Bertz CT molecular complexity index is 321. The molecule has 0 amide bonds. The van der Waals surface area contributed by atoms with Crippen LogP contribution in [0.1, 0.15) is 64.7 Å². The third kappa shape index (κ3) is 9.14. The van der Waals surface area contributed by atoms with E-state index in [0.29, 0.717) is 6.61 Å². The lowest BCUT2D eigenvalue weighted by molar-refractivity contribution is -0.199. The van der Waals surface area contributed by atoms with Crippen LogP contribution in [0.2, 0.25) is 0 Å². The number of rotatable bonds is 13. The molecule has 5 heteroatoms. The SMILES string of the molecule is CCCCC/C=C/CCCCCCOC[C@H]1OC[C@H](O)[C@@H](O)[C@@H]1O. The number of unbranched alkanes of at least 4 members (excludes halogenated alkanes) is 7. The molecule has 0 spiro atoms. The van der Waals surface area contributed by atoms with E-state index in [9.17, 15) is 15.3 Å². The van der Waals surface area contributed by atoms with Crippen molar-refractivity contribution >= 4 is 0 Å². The zero-order chi connectivity index (χ0) is 17.6. The molecule has 1 heterocycles. The second-order valence-electron chi connectivity index (χ2n) is 6.67. The molecular formula is C19H36O5. The van der Waals surface area contributed by atoms with Crippen LogP contribution in [-0.4, -0.2) is 59.6 Å². The van der Waals surface area contributed by atoms with Crippen molar-refractivity contribution < 1.29 is 24.8 Å². The van der Waals surface area contributed by atoms with Gasteiger partial charge in [0.05, 0.1) is 13.2 Å². The molecular weight excluding hydrogens is 308 g/mol. The first kappa shape index (κ1) is 21.6. The highest BCUT2D eigenvalue weighted by Gasteiger charge is 2.37. The fourth-order valence-electron chi connectivity index (χ4n) is 2.78. The summed E-state index contributed by atoms with van der Waals surface area (Å²) >= 11 is 0. The van der Waals surface area contributed by atoms with E-state index < -0.39 is 24.4 Å². The first-order valence-corrected chi connectivity index (χ1v) is 9.55. The molecule has 1 aliphatic heterocycles. The summed E-state index contributed by atoms with van der Waals surface area (Å²) in [5, 5.41) is 28.7. The Kier molecular flexibility index (Phi) is 12.4. The van der Waals surface area contributed by atoms with Gasteiger partial charge in [-0.3, -0.25) is 0 Å². The molecule has 1 rings (SSSR count). The van der Waals surface area contributed by atoms with Crippen LogP contribution < -0.4 is 0 Å². The number of aliphatic hydroxyl groups excluding tert-OH is 3. The normalized spacial score (nSPS) is 27.8. The van der Waals surface area contributed by atoms with Crippen LogP contribution in [0.25, 0.3) is 0 Å². The van der Waals surface area contributed by atoms with Gasteiger partial charge in [0.1, 0.15) is 24.4 Å². The molecule has 24 heavy (non-hydrogen) atoms. The zero-order valence-electron chi connectivity index (χ0n) is 15.1. The van der Waals surface area contributed by atoms with Gasteiger partial charge in [0.15, 0.2) is 0 Å². The fourth-order valence-corrected chi connectivity index (χ4v) is 2.78. The van der Waals surface area contributed by atoms with Gasteiger partial charge in [-0.25, -0.2) is 0 Å². The minimum absolute atomic E-state index is 0.0399. The van der Waals surface area contributed by atoms with E-state index in [1.54, 1.807) is 0 Å². The standard InChI is InChI=1S/C19H36O5/c1-2-3-4-5-6-7-8-9-10-11-12-13-23-15-17-19(22)18(21)16(20)14-24-17/h6-7,16-22H,2-5,8-15H2,1H3/b7-6+/t16-,17+,18+,19+/m0/s1. The van der Waals surface area contributed by atoms with Crippen LogP contribution in [0.3, 0.4) is 0 Å². The summed E-state index contributed by atoms with van der Waals surface area (Å²) < 4.78 is 10.8. The topological polar surface area (TPSA) is 79.2 Å². The van der Waals surface area contributed by atoms with Crippen LogP contribution in [0.5, 0.6) is 0 Å². The van der Waals surface area contributed by atoms with Crippen LogP contribution in [0.15, 0.2) is 12.2 Å². The molecule has 0 radical (unpaired) electrons. The summed E-state index contributed by atoms with van der Waals surface area (Å²) in [6.45, 7) is 3.16. The van der Waals surface area contributed by atoms with E-state index in [4.69, 9.17) is 9.47 Å². The Morgan fingerprint density at radius 1 is 0.917 bits per heavy atom. The van der Waals surface area contributed by atoms with Gasteiger partial charge in [-0.1, -0.05) is 44.8 Å². The monoisotopic (exact) mass is 344 g/mol. The lowest BCUT2D eigenvalue weighted by atomic mass is 10.0. The number of allylic oxidation sites excluding steroid dienone is 2. The summed E-state index contributed by atoms with van der Waals surface area (Å²) in [5.41, 5.74) is 0. The molecule has 0 aromatic rings. The minimum atomic E-state index is -1.15. The molecule has 1 aliphatic rings. The summed E-state index contributed by atoms with van der Waals surface area (Å²) in [6, 6.07) is 0. The van der Waals surface area contributed by atoms with E-state index in [0.717, 1.165) is 19.3 Å². The summed E-state index contributed by atoms with van der Waals surface area (Å²) in [5.74, 6) is 0. The summed E-state index contributed by atoms with van der Waals surface area (Å²) in [4.78, 5) is 0. The minimum Gasteiger partial charge on any atom is -0.388 e. The van der Waals surface area contributed by atoms with Crippen molar-refractivity contribution in [2.45, 2.75) is 89.1 Å². The van der Waals surface area contributed by atoms with E-state index in [-0.39, 0.29) is 13.2 Å². The molecule has 0 unspecified atom stereocenters. The maximum Gasteiger partial charge on any atom is 0.111 e. The van der Waals surface area contributed by atoms with Gasteiger partial charge in [0.25, 0.3) is 0 Å². The number of hydrogen-bond acceptors (Lipinski definition) is 5. The van der Waals surface area contributed by atoms with E-state index in [1.165, 1.54) is 38.5 Å². The molecule has 3 N–H and O–H groups in total. The Labute approximate surface area is 146 Å². The largest absolute Gasteiger partial charge is 0.388 e. The highest BCUT2D eigenvalue weighted by molar-refractivity contribution is 4.86.